The van der Waals surface area contributed by atoms with E-state index >= 15 is 0 Å². The lowest BCUT2D eigenvalue weighted by atomic mass is 9.96. The zero-order valence-electron chi connectivity index (χ0n) is 15.4. The Kier molecular flexibility index (Phi) is 5.60. The van der Waals surface area contributed by atoms with Gasteiger partial charge in [-0.25, -0.2) is 18.4 Å². The first kappa shape index (κ1) is 18.5. The van der Waals surface area contributed by atoms with E-state index in [0.717, 1.165) is 52.1 Å². The average molecular weight is 368 g/mol. The molecule has 7 nitrogen and oxygen atoms in total. The molecular weight excluding hydrogens is 338 g/mol. The summed E-state index contributed by atoms with van der Waals surface area (Å²) in [5.74, 6) is 0.800. The van der Waals surface area contributed by atoms with E-state index in [2.05, 4.69) is 33.9 Å². The predicted octanol–water partition coefficient (Wildman–Crippen LogP) is 0.878. The van der Waals surface area contributed by atoms with E-state index in [4.69, 9.17) is 4.98 Å². The Bertz CT molecular complexity index is 693. The highest BCUT2D eigenvalue weighted by molar-refractivity contribution is 7.90. The van der Waals surface area contributed by atoms with Crippen molar-refractivity contribution in [2.24, 2.45) is 0 Å². The first-order valence-corrected chi connectivity index (χ1v) is 11.0. The number of nitrogens with one attached hydrogen (secondary N) is 1. The smallest absolute Gasteiger partial charge is 0.225 e. The molecule has 2 saturated heterocycles. The van der Waals surface area contributed by atoms with Gasteiger partial charge in [-0.3, -0.25) is 4.90 Å². The number of anilines is 1. The third kappa shape index (κ3) is 4.30. The molecule has 1 N–H and O–H groups in total. The third-order valence-corrected chi connectivity index (χ3v) is 6.29. The van der Waals surface area contributed by atoms with E-state index in [1.165, 1.54) is 12.5 Å². The molecule has 25 heavy (non-hydrogen) atoms. The number of hydrogen-bond acceptors (Lipinski definition) is 7. The molecule has 0 spiro atoms. The summed E-state index contributed by atoms with van der Waals surface area (Å²) >= 11 is 0. The molecule has 2 aliphatic rings. The van der Waals surface area contributed by atoms with Gasteiger partial charge in [-0.15, -0.1) is 0 Å². The van der Waals surface area contributed by atoms with Gasteiger partial charge < -0.3 is 10.2 Å². The molecule has 0 amide bonds. The molecule has 3 rings (SSSR count). The van der Waals surface area contributed by atoms with Crippen molar-refractivity contribution in [1.82, 2.24) is 20.2 Å². The maximum Gasteiger partial charge on any atom is 0.225 e. The SMILES string of the molecule is CC(C)N1CCN(c2ncc(S(C)(=O)=O)c(C3CCCNC3)n2)CC1. The Labute approximate surface area is 150 Å². The van der Waals surface area contributed by atoms with Crippen LogP contribution in [0.15, 0.2) is 11.1 Å². The van der Waals surface area contributed by atoms with Gasteiger partial charge in [0.2, 0.25) is 5.95 Å². The van der Waals surface area contributed by atoms with Crippen LogP contribution in [0.3, 0.4) is 0 Å². The lowest BCUT2D eigenvalue weighted by molar-refractivity contribution is 0.208. The summed E-state index contributed by atoms with van der Waals surface area (Å²) in [6.45, 7) is 9.89. The topological polar surface area (TPSA) is 78.4 Å². The Morgan fingerprint density at radius 3 is 2.52 bits per heavy atom. The summed E-state index contributed by atoms with van der Waals surface area (Å²) in [5, 5.41) is 3.35. The summed E-state index contributed by atoms with van der Waals surface area (Å²) in [7, 11) is -3.33. The molecule has 3 heterocycles. The maximum absolute atomic E-state index is 12.2. The quantitative estimate of drug-likeness (QED) is 0.846. The molecule has 0 aromatic carbocycles. The van der Waals surface area contributed by atoms with Crippen LogP contribution in [0.2, 0.25) is 0 Å². The van der Waals surface area contributed by atoms with Gasteiger partial charge in [0.15, 0.2) is 9.84 Å². The fourth-order valence-electron chi connectivity index (χ4n) is 3.63. The summed E-state index contributed by atoms with van der Waals surface area (Å²) < 4.78 is 24.4. The second-order valence-corrected chi connectivity index (χ2v) is 9.34. The van der Waals surface area contributed by atoms with E-state index in [0.29, 0.717) is 17.7 Å². The molecule has 2 aliphatic heterocycles. The maximum atomic E-state index is 12.2. The minimum atomic E-state index is -3.33. The van der Waals surface area contributed by atoms with Gasteiger partial charge in [-0.2, -0.15) is 0 Å². The van der Waals surface area contributed by atoms with Gasteiger partial charge in [-0.1, -0.05) is 0 Å². The number of piperazine rings is 1. The highest BCUT2D eigenvalue weighted by Crippen LogP contribution is 2.28. The van der Waals surface area contributed by atoms with Gasteiger partial charge in [0.05, 0.1) is 11.9 Å². The van der Waals surface area contributed by atoms with Gasteiger partial charge >= 0.3 is 0 Å². The second kappa shape index (κ2) is 7.55. The van der Waals surface area contributed by atoms with Gasteiger partial charge in [0, 0.05) is 50.9 Å². The number of hydrogen-bond donors (Lipinski definition) is 1. The standard InChI is InChI=1S/C17H29N5O2S/c1-13(2)21-7-9-22(10-8-21)17-19-12-15(25(3,23)24)16(20-17)14-5-4-6-18-11-14/h12-14,18H,4-11H2,1-3H3. The summed E-state index contributed by atoms with van der Waals surface area (Å²) in [6.07, 6.45) is 4.76. The van der Waals surface area contributed by atoms with E-state index in [1.807, 2.05) is 0 Å². The first-order chi connectivity index (χ1) is 11.9. The van der Waals surface area contributed by atoms with Crippen molar-refractivity contribution in [3.05, 3.63) is 11.9 Å². The summed E-state index contributed by atoms with van der Waals surface area (Å²) in [4.78, 5) is 14.0. The Morgan fingerprint density at radius 2 is 1.96 bits per heavy atom. The summed E-state index contributed by atoms with van der Waals surface area (Å²) in [6, 6.07) is 0.541. The van der Waals surface area contributed by atoms with Gasteiger partial charge in [-0.05, 0) is 33.2 Å². The zero-order chi connectivity index (χ0) is 18.0. The van der Waals surface area contributed by atoms with Crippen LogP contribution < -0.4 is 10.2 Å². The molecule has 0 bridgehead atoms. The van der Waals surface area contributed by atoms with Crippen LogP contribution in [0.5, 0.6) is 0 Å². The van der Waals surface area contributed by atoms with Crippen LogP contribution >= 0.6 is 0 Å². The van der Waals surface area contributed by atoms with Crippen LogP contribution in [0.1, 0.15) is 38.3 Å². The number of aromatic nitrogens is 2. The molecule has 8 heteroatoms. The van der Waals surface area contributed by atoms with Crippen molar-refractivity contribution in [1.29, 1.82) is 0 Å². The van der Waals surface area contributed by atoms with Crippen LogP contribution in [-0.2, 0) is 9.84 Å². The zero-order valence-corrected chi connectivity index (χ0v) is 16.2. The first-order valence-electron chi connectivity index (χ1n) is 9.13. The highest BCUT2D eigenvalue weighted by Gasteiger charge is 2.27. The van der Waals surface area contributed by atoms with Gasteiger partial charge in [0.1, 0.15) is 4.90 Å². The molecule has 1 atom stereocenters. The molecule has 2 fully saturated rings. The Hall–Kier alpha value is -1.25. The fourth-order valence-corrected chi connectivity index (χ4v) is 4.46. The highest BCUT2D eigenvalue weighted by atomic mass is 32.2. The number of piperidine rings is 1. The Balaban J connectivity index is 1.86. The van der Waals surface area contributed by atoms with Crippen molar-refractivity contribution in [2.75, 3.05) is 50.4 Å². The number of nitrogens with zero attached hydrogens (tertiary/aromatic N) is 4. The minimum absolute atomic E-state index is 0.136. The predicted molar refractivity (Wildman–Crippen MR) is 98.9 cm³/mol. The van der Waals surface area contributed by atoms with Crippen molar-refractivity contribution in [3.8, 4) is 0 Å². The molecule has 1 unspecified atom stereocenters. The van der Waals surface area contributed by atoms with E-state index < -0.39 is 9.84 Å². The normalized spacial score (nSPS) is 23.2. The van der Waals surface area contributed by atoms with E-state index in [9.17, 15) is 8.42 Å². The fraction of sp³-hybridized carbons (Fsp3) is 0.765. The van der Waals surface area contributed by atoms with Crippen LogP contribution in [-0.4, -0.2) is 74.9 Å². The van der Waals surface area contributed by atoms with Crippen LogP contribution in [0.4, 0.5) is 5.95 Å². The lowest BCUT2D eigenvalue weighted by Gasteiger charge is -2.37. The second-order valence-electron chi connectivity index (χ2n) is 7.35. The monoisotopic (exact) mass is 367 g/mol. The van der Waals surface area contributed by atoms with E-state index in [1.54, 1.807) is 0 Å². The lowest BCUT2D eigenvalue weighted by Crippen LogP contribution is -2.49. The van der Waals surface area contributed by atoms with Crippen molar-refractivity contribution < 1.29 is 8.42 Å². The van der Waals surface area contributed by atoms with Crippen molar-refractivity contribution >= 4 is 15.8 Å². The third-order valence-electron chi connectivity index (χ3n) is 5.18. The number of rotatable bonds is 4. The molecule has 140 valence electrons. The molecule has 0 aliphatic carbocycles. The molecule has 1 aromatic rings. The number of sulfone groups is 1. The molecular formula is C17H29N5O2S. The van der Waals surface area contributed by atoms with Crippen LogP contribution in [0, 0.1) is 0 Å². The van der Waals surface area contributed by atoms with Crippen molar-refractivity contribution in [3.63, 3.8) is 0 Å². The largest absolute Gasteiger partial charge is 0.338 e. The average Bonchev–Trinajstić information content (AvgIpc) is 2.61. The van der Waals surface area contributed by atoms with Gasteiger partial charge in [0.25, 0.3) is 0 Å². The molecule has 0 saturated carbocycles. The van der Waals surface area contributed by atoms with Crippen LogP contribution in [0.25, 0.3) is 0 Å². The molecule has 1 aromatic heterocycles. The Morgan fingerprint density at radius 1 is 1.24 bits per heavy atom. The van der Waals surface area contributed by atoms with E-state index in [-0.39, 0.29) is 10.8 Å². The molecule has 0 radical (unpaired) electrons. The summed E-state index contributed by atoms with van der Waals surface area (Å²) in [5.41, 5.74) is 0.686. The minimum Gasteiger partial charge on any atom is -0.338 e. The van der Waals surface area contributed by atoms with Crippen molar-refractivity contribution in [2.45, 2.75) is 43.5 Å².